The van der Waals surface area contributed by atoms with Crippen molar-refractivity contribution in [3.05, 3.63) is 59.9 Å². The molecule has 0 unspecified atom stereocenters. The second-order valence-corrected chi connectivity index (χ2v) is 8.05. The van der Waals surface area contributed by atoms with Crippen LogP contribution in [-0.4, -0.2) is 27.5 Å². The first-order valence-corrected chi connectivity index (χ1v) is 10.4. The van der Waals surface area contributed by atoms with Gasteiger partial charge in [0.2, 0.25) is 0 Å². The van der Waals surface area contributed by atoms with E-state index in [1.54, 1.807) is 12.1 Å². The number of hydrogen-bond acceptors (Lipinski definition) is 3. The van der Waals surface area contributed by atoms with Gasteiger partial charge in [0.1, 0.15) is 17.0 Å². The zero-order valence-electron chi connectivity index (χ0n) is 17.2. The number of benzene rings is 1. The van der Waals surface area contributed by atoms with Gasteiger partial charge in [0.25, 0.3) is 0 Å². The predicted octanol–water partition coefficient (Wildman–Crippen LogP) is 6.58. The number of piperidine rings is 1. The fraction of sp³-hybridized carbons (Fsp3) is 0.304. The minimum atomic E-state index is -5.03. The Labute approximate surface area is 184 Å². The SMILES string of the molecule is FC(F)(F)c1cc(C(F)(F)F)c2ccc3ncc(-c4ccc(N5CCCCC5)cc4)n3c2n1. The van der Waals surface area contributed by atoms with Gasteiger partial charge in [0.05, 0.1) is 17.5 Å². The lowest BCUT2D eigenvalue weighted by molar-refractivity contribution is -0.144. The molecule has 172 valence electrons. The molecule has 0 radical (unpaired) electrons. The molecule has 0 atom stereocenters. The lowest BCUT2D eigenvalue weighted by Crippen LogP contribution is -2.29. The van der Waals surface area contributed by atoms with Crippen LogP contribution in [0.5, 0.6) is 0 Å². The number of pyridine rings is 2. The standard InChI is InChI=1S/C23H18F6N4/c24-22(25,26)17-12-19(23(27,28)29)31-21-16(17)8-9-20-30-13-18(33(20)21)14-4-6-15(7-5-14)32-10-2-1-3-11-32/h4-9,12-13H,1-3,10-11H2. The minimum absolute atomic E-state index is 0.0538. The third-order valence-electron chi connectivity index (χ3n) is 5.92. The molecular weight excluding hydrogens is 446 g/mol. The van der Waals surface area contributed by atoms with E-state index >= 15 is 0 Å². The zero-order chi connectivity index (χ0) is 23.4. The Morgan fingerprint density at radius 3 is 2.12 bits per heavy atom. The second-order valence-electron chi connectivity index (χ2n) is 8.05. The fourth-order valence-electron chi connectivity index (χ4n) is 4.32. The van der Waals surface area contributed by atoms with Crippen LogP contribution in [0.25, 0.3) is 27.9 Å². The molecule has 0 spiro atoms. The molecule has 3 aromatic heterocycles. The smallest absolute Gasteiger partial charge is 0.372 e. The van der Waals surface area contributed by atoms with Gasteiger partial charge in [0.15, 0.2) is 0 Å². The van der Waals surface area contributed by atoms with Crippen molar-refractivity contribution in [3.8, 4) is 11.3 Å². The summed E-state index contributed by atoms with van der Waals surface area (Å²) in [6, 6.07) is 9.91. The molecule has 1 saturated heterocycles. The molecule has 4 nitrogen and oxygen atoms in total. The van der Waals surface area contributed by atoms with Crippen molar-refractivity contribution in [3.63, 3.8) is 0 Å². The van der Waals surface area contributed by atoms with Crippen LogP contribution in [-0.2, 0) is 12.4 Å². The number of aromatic nitrogens is 3. The van der Waals surface area contributed by atoms with Crippen molar-refractivity contribution < 1.29 is 26.3 Å². The summed E-state index contributed by atoms with van der Waals surface area (Å²) in [7, 11) is 0. The summed E-state index contributed by atoms with van der Waals surface area (Å²) < 4.78 is 82.3. The summed E-state index contributed by atoms with van der Waals surface area (Å²) in [5, 5.41) is -0.424. The summed E-state index contributed by atoms with van der Waals surface area (Å²) in [4.78, 5) is 10.0. The highest BCUT2D eigenvalue weighted by atomic mass is 19.4. The van der Waals surface area contributed by atoms with Crippen LogP contribution in [0.15, 0.2) is 48.7 Å². The van der Waals surface area contributed by atoms with E-state index in [1.165, 1.54) is 23.1 Å². The first kappa shape index (κ1) is 21.5. The molecule has 1 fully saturated rings. The van der Waals surface area contributed by atoms with Gasteiger partial charge in [-0.05, 0) is 49.6 Å². The summed E-state index contributed by atoms with van der Waals surface area (Å²) >= 11 is 0. The number of fused-ring (bicyclic) bond motifs is 3. The fourth-order valence-corrected chi connectivity index (χ4v) is 4.32. The van der Waals surface area contributed by atoms with E-state index in [-0.39, 0.29) is 11.7 Å². The number of rotatable bonds is 2. The number of halogens is 6. The van der Waals surface area contributed by atoms with Gasteiger partial charge in [-0.2, -0.15) is 26.3 Å². The number of anilines is 1. The van der Waals surface area contributed by atoms with Gasteiger partial charge in [-0.3, -0.25) is 4.40 Å². The van der Waals surface area contributed by atoms with Gasteiger partial charge >= 0.3 is 12.4 Å². The Hall–Kier alpha value is -3.30. The molecule has 1 aromatic carbocycles. The topological polar surface area (TPSA) is 33.4 Å². The Bertz CT molecular complexity index is 1320. The van der Waals surface area contributed by atoms with Gasteiger partial charge in [-0.15, -0.1) is 0 Å². The third kappa shape index (κ3) is 3.87. The van der Waals surface area contributed by atoms with Gasteiger partial charge < -0.3 is 4.90 Å². The molecule has 4 aromatic rings. The average Bonchev–Trinajstić information content (AvgIpc) is 3.22. The molecule has 0 saturated carbocycles. The molecule has 1 aliphatic heterocycles. The predicted molar refractivity (Wildman–Crippen MR) is 112 cm³/mol. The van der Waals surface area contributed by atoms with E-state index in [9.17, 15) is 26.3 Å². The number of nitrogens with zero attached hydrogens (tertiary/aromatic N) is 4. The quantitative estimate of drug-likeness (QED) is 0.314. The molecular formula is C23H18F6N4. The molecule has 10 heteroatoms. The maximum absolute atomic E-state index is 13.6. The van der Waals surface area contributed by atoms with Crippen LogP contribution in [0, 0.1) is 0 Å². The maximum atomic E-state index is 13.6. The van der Waals surface area contributed by atoms with Gasteiger partial charge in [-0.1, -0.05) is 12.1 Å². The molecule has 1 aliphatic rings. The van der Waals surface area contributed by atoms with E-state index in [4.69, 9.17) is 0 Å². The van der Waals surface area contributed by atoms with E-state index < -0.39 is 34.6 Å². The zero-order valence-corrected chi connectivity index (χ0v) is 17.2. The Morgan fingerprint density at radius 2 is 1.48 bits per heavy atom. The molecule has 0 amide bonds. The molecule has 4 heterocycles. The lowest BCUT2D eigenvalue weighted by Gasteiger charge is -2.28. The highest BCUT2D eigenvalue weighted by Gasteiger charge is 2.39. The molecule has 0 aliphatic carbocycles. The largest absolute Gasteiger partial charge is 0.433 e. The van der Waals surface area contributed by atoms with Crippen molar-refractivity contribution in [2.45, 2.75) is 31.6 Å². The first-order valence-electron chi connectivity index (χ1n) is 10.4. The molecule has 33 heavy (non-hydrogen) atoms. The number of imidazole rings is 1. The van der Waals surface area contributed by atoms with Crippen molar-refractivity contribution in [2.24, 2.45) is 0 Å². The second kappa shape index (κ2) is 7.64. The van der Waals surface area contributed by atoms with E-state index in [0.717, 1.165) is 37.7 Å². The minimum Gasteiger partial charge on any atom is -0.372 e. The van der Waals surface area contributed by atoms with E-state index in [2.05, 4.69) is 14.9 Å². The average molecular weight is 464 g/mol. The first-order chi connectivity index (χ1) is 15.6. The third-order valence-corrected chi connectivity index (χ3v) is 5.92. The Balaban J connectivity index is 1.70. The summed E-state index contributed by atoms with van der Waals surface area (Å²) in [6.07, 6.45) is -5.18. The van der Waals surface area contributed by atoms with Crippen LogP contribution in [0.1, 0.15) is 30.5 Å². The van der Waals surface area contributed by atoms with E-state index in [0.29, 0.717) is 11.3 Å². The molecule has 5 rings (SSSR count). The lowest BCUT2D eigenvalue weighted by atomic mass is 10.1. The van der Waals surface area contributed by atoms with Crippen molar-refractivity contribution >= 4 is 22.4 Å². The Kier molecular flexibility index (Phi) is 4.98. The molecule has 0 bridgehead atoms. The normalized spacial score (nSPS) is 15.5. The van der Waals surface area contributed by atoms with E-state index in [1.807, 2.05) is 12.1 Å². The number of hydrogen-bond donors (Lipinski definition) is 0. The summed E-state index contributed by atoms with van der Waals surface area (Å²) in [6.45, 7) is 1.90. The molecule has 0 N–H and O–H groups in total. The van der Waals surface area contributed by atoms with Crippen LogP contribution in [0.4, 0.5) is 32.0 Å². The van der Waals surface area contributed by atoms with Crippen molar-refractivity contribution in [1.29, 1.82) is 0 Å². The van der Waals surface area contributed by atoms with Crippen LogP contribution >= 0.6 is 0 Å². The van der Waals surface area contributed by atoms with Crippen molar-refractivity contribution in [2.75, 3.05) is 18.0 Å². The summed E-state index contributed by atoms with van der Waals surface area (Å²) in [5.41, 5.74) is -1.23. The summed E-state index contributed by atoms with van der Waals surface area (Å²) in [5.74, 6) is 0. The highest BCUT2D eigenvalue weighted by Crippen LogP contribution is 2.39. The Morgan fingerprint density at radius 1 is 0.788 bits per heavy atom. The van der Waals surface area contributed by atoms with Crippen LogP contribution < -0.4 is 4.90 Å². The maximum Gasteiger partial charge on any atom is 0.433 e. The van der Waals surface area contributed by atoms with Gasteiger partial charge in [-0.25, -0.2) is 9.97 Å². The van der Waals surface area contributed by atoms with Crippen molar-refractivity contribution in [1.82, 2.24) is 14.4 Å². The highest BCUT2D eigenvalue weighted by molar-refractivity contribution is 5.85. The van der Waals surface area contributed by atoms with Crippen LogP contribution in [0.2, 0.25) is 0 Å². The van der Waals surface area contributed by atoms with Gasteiger partial charge in [0, 0.05) is 29.7 Å². The van der Waals surface area contributed by atoms with Crippen LogP contribution in [0.3, 0.4) is 0 Å². The number of alkyl halides is 6. The monoisotopic (exact) mass is 464 g/mol.